The molecular weight excluding hydrogens is 165 g/mol. The standard InChI is InChI=1S/C9H5N.BH3O2/c1-2-6-7-4-5-10-8(3-1)9(6)7;2-1-3/h1-5H;1-3H. The lowest BCUT2D eigenvalue weighted by Crippen LogP contribution is -1.75. The largest absolute Gasteiger partial charge is 0.432 e. The van der Waals surface area contributed by atoms with Crippen molar-refractivity contribution in [3.8, 4) is 11.1 Å². The zero-order valence-electron chi connectivity index (χ0n) is 6.94. The van der Waals surface area contributed by atoms with E-state index in [2.05, 4.69) is 29.2 Å². The molecule has 3 nitrogen and oxygen atoms in total. The highest BCUT2D eigenvalue weighted by Crippen LogP contribution is 2.45. The van der Waals surface area contributed by atoms with Crippen LogP contribution in [0.25, 0.3) is 22.0 Å². The van der Waals surface area contributed by atoms with Gasteiger partial charge in [0.25, 0.3) is 0 Å². The van der Waals surface area contributed by atoms with Gasteiger partial charge in [0.1, 0.15) is 0 Å². The number of aromatic nitrogens is 1. The van der Waals surface area contributed by atoms with Crippen LogP contribution >= 0.6 is 0 Å². The second-order valence-corrected chi connectivity index (χ2v) is 2.70. The molecule has 1 aromatic heterocycles. The molecule has 0 spiro atoms. The molecule has 4 heteroatoms. The molecule has 3 rings (SSSR count). The smallest absolute Gasteiger partial charge is 0.430 e. The van der Waals surface area contributed by atoms with Crippen LogP contribution in [-0.4, -0.2) is 22.7 Å². The molecule has 0 unspecified atom stereocenters. The molecule has 2 N–H and O–H groups in total. The van der Waals surface area contributed by atoms with E-state index in [-0.39, 0.29) is 0 Å². The van der Waals surface area contributed by atoms with E-state index < -0.39 is 7.69 Å². The van der Waals surface area contributed by atoms with Crippen molar-refractivity contribution in [2.45, 2.75) is 0 Å². The van der Waals surface area contributed by atoms with Crippen molar-refractivity contribution in [3.63, 3.8) is 0 Å². The lowest BCUT2D eigenvalue weighted by Gasteiger charge is -1.80. The molecule has 0 fully saturated rings. The van der Waals surface area contributed by atoms with Gasteiger partial charge in [-0.2, -0.15) is 0 Å². The fourth-order valence-corrected chi connectivity index (χ4v) is 1.46. The maximum Gasteiger partial charge on any atom is 0.432 e. The normalized spacial score (nSPS) is 10.3. The van der Waals surface area contributed by atoms with E-state index in [4.69, 9.17) is 10.0 Å². The van der Waals surface area contributed by atoms with Gasteiger partial charge in [0.05, 0.1) is 5.52 Å². The molecule has 0 amide bonds. The van der Waals surface area contributed by atoms with Crippen LogP contribution in [0.1, 0.15) is 0 Å². The van der Waals surface area contributed by atoms with Crippen molar-refractivity contribution < 1.29 is 10.0 Å². The van der Waals surface area contributed by atoms with Gasteiger partial charge in [-0.25, -0.2) is 0 Å². The van der Waals surface area contributed by atoms with Crippen LogP contribution in [0.4, 0.5) is 0 Å². The van der Waals surface area contributed by atoms with E-state index in [1.165, 1.54) is 16.5 Å². The van der Waals surface area contributed by atoms with E-state index >= 15 is 0 Å². The summed E-state index contributed by atoms with van der Waals surface area (Å²) in [7, 11) is -0.750. The van der Waals surface area contributed by atoms with Gasteiger partial charge in [-0.05, 0) is 23.3 Å². The lowest BCUT2D eigenvalue weighted by atomic mass is 10.3. The molecule has 13 heavy (non-hydrogen) atoms. The first-order chi connectivity index (χ1) is 6.38. The highest BCUT2D eigenvalue weighted by Gasteiger charge is 2.19. The maximum atomic E-state index is 7.12. The predicted molar refractivity (Wildman–Crippen MR) is 52.3 cm³/mol. The third-order valence-electron chi connectivity index (χ3n) is 1.99. The average Bonchev–Trinajstić information content (AvgIpc) is 2.84. The third kappa shape index (κ3) is 1.30. The van der Waals surface area contributed by atoms with E-state index in [1.54, 1.807) is 0 Å². The monoisotopic (exact) mass is 173 g/mol. The van der Waals surface area contributed by atoms with Crippen LogP contribution in [0.15, 0.2) is 30.5 Å². The summed E-state index contributed by atoms with van der Waals surface area (Å²) in [6.07, 6.45) is 1.87. The molecule has 1 heterocycles. The minimum atomic E-state index is -0.750. The molecule has 0 saturated heterocycles. The van der Waals surface area contributed by atoms with Crippen molar-refractivity contribution in [2.75, 3.05) is 0 Å². The number of benzene rings is 1. The van der Waals surface area contributed by atoms with Gasteiger partial charge in [-0.3, -0.25) is 4.98 Å². The molecule has 1 aromatic carbocycles. The molecule has 1 aliphatic rings. The number of pyridine rings is 1. The molecule has 2 aromatic rings. The minimum absolute atomic E-state index is 0.750. The highest BCUT2D eigenvalue weighted by molar-refractivity contribution is 6.18. The van der Waals surface area contributed by atoms with E-state index in [0.29, 0.717) is 0 Å². The SMILES string of the molecule is OBO.c1cc2c3c-2ccnc3c1. The second-order valence-electron chi connectivity index (χ2n) is 2.70. The average molecular weight is 173 g/mol. The van der Waals surface area contributed by atoms with Crippen molar-refractivity contribution in [1.29, 1.82) is 0 Å². The first kappa shape index (κ1) is 8.22. The van der Waals surface area contributed by atoms with Gasteiger partial charge < -0.3 is 10.0 Å². The van der Waals surface area contributed by atoms with E-state index in [0.717, 1.165) is 5.52 Å². The van der Waals surface area contributed by atoms with Crippen LogP contribution in [0, 0.1) is 0 Å². The van der Waals surface area contributed by atoms with Crippen LogP contribution in [0.2, 0.25) is 0 Å². The number of hydrogen-bond acceptors (Lipinski definition) is 3. The number of hydrogen-bond donors (Lipinski definition) is 2. The van der Waals surface area contributed by atoms with E-state index in [9.17, 15) is 0 Å². The number of rotatable bonds is 0. The summed E-state index contributed by atoms with van der Waals surface area (Å²) < 4.78 is 0. The van der Waals surface area contributed by atoms with Crippen molar-refractivity contribution in [1.82, 2.24) is 4.98 Å². The first-order valence-corrected chi connectivity index (χ1v) is 3.98. The van der Waals surface area contributed by atoms with Crippen LogP contribution < -0.4 is 0 Å². The summed E-state index contributed by atoms with van der Waals surface area (Å²) >= 11 is 0. The molecule has 0 aliphatic heterocycles. The molecule has 0 bridgehead atoms. The Labute approximate surface area is 76.0 Å². The van der Waals surface area contributed by atoms with Crippen molar-refractivity contribution in [2.24, 2.45) is 0 Å². The highest BCUT2D eigenvalue weighted by atomic mass is 16.4. The summed E-state index contributed by atoms with van der Waals surface area (Å²) in [5.74, 6) is 0. The van der Waals surface area contributed by atoms with Gasteiger partial charge >= 0.3 is 7.69 Å². The zero-order valence-corrected chi connectivity index (χ0v) is 6.94. The Morgan fingerprint density at radius 1 is 1.08 bits per heavy atom. The molecule has 0 saturated carbocycles. The molecule has 64 valence electrons. The summed E-state index contributed by atoms with van der Waals surface area (Å²) in [6.45, 7) is 0. The van der Waals surface area contributed by atoms with Crippen molar-refractivity contribution in [3.05, 3.63) is 30.5 Å². The lowest BCUT2D eigenvalue weighted by molar-refractivity contribution is 0.448. The van der Waals surface area contributed by atoms with Gasteiger partial charge in [-0.15, -0.1) is 0 Å². The summed E-state index contributed by atoms with van der Waals surface area (Å²) in [4.78, 5) is 4.22. The Morgan fingerprint density at radius 2 is 1.77 bits per heavy atom. The van der Waals surface area contributed by atoms with Crippen molar-refractivity contribution >= 4 is 18.6 Å². The van der Waals surface area contributed by atoms with Gasteiger partial charge in [0.15, 0.2) is 0 Å². The molecule has 0 radical (unpaired) electrons. The Hall–Kier alpha value is -1.39. The van der Waals surface area contributed by atoms with Gasteiger partial charge in [0, 0.05) is 11.6 Å². The summed E-state index contributed by atoms with van der Waals surface area (Å²) in [5, 5.41) is 15.6. The Kier molecular flexibility index (Phi) is 2.00. The molecule has 1 aliphatic carbocycles. The van der Waals surface area contributed by atoms with Crippen LogP contribution in [0.5, 0.6) is 0 Å². The zero-order chi connectivity index (χ0) is 9.26. The number of nitrogens with zero attached hydrogens (tertiary/aromatic N) is 1. The fourth-order valence-electron chi connectivity index (χ4n) is 1.46. The quantitative estimate of drug-likeness (QED) is 0.485. The topological polar surface area (TPSA) is 53.4 Å². The second kappa shape index (κ2) is 3.16. The Balaban J connectivity index is 0.000000196. The maximum absolute atomic E-state index is 7.12. The Morgan fingerprint density at radius 3 is 2.46 bits per heavy atom. The van der Waals surface area contributed by atoms with E-state index in [1.807, 2.05) is 6.20 Å². The first-order valence-electron chi connectivity index (χ1n) is 3.98. The van der Waals surface area contributed by atoms with Crippen LogP contribution in [0.3, 0.4) is 0 Å². The van der Waals surface area contributed by atoms with Gasteiger partial charge in [-0.1, -0.05) is 12.1 Å². The summed E-state index contributed by atoms with van der Waals surface area (Å²) in [6, 6.07) is 8.31. The Bertz CT molecular complexity index is 408. The predicted octanol–water partition coefficient (Wildman–Crippen LogP) is 0.453. The summed E-state index contributed by atoms with van der Waals surface area (Å²) in [5.41, 5.74) is 3.90. The molecule has 0 atom stereocenters. The number of fused-ring (bicyclic) bond motifs is 1. The fraction of sp³-hybridized carbons (Fsp3) is 0. The van der Waals surface area contributed by atoms with Gasteiger partial charge in [0.2, 0.25) is 0 Å². The van der Waals surface area contributed by atoms with Crippen LogP contribution in [-0.2, 0) is 0 Å². The molecular formula is C9H8BNO2. The third-order valence-corrected chi connectivity index (χ3v) is 1.99. The minimum Gasteiger partial charge on any atom is -0.430 e.